The Balaban J connectivity index is 1.65. The number of ether oxygens (including phenoxy) is 1. The fraction of sp³-hybridized carbons (Fsp3) is 0.667. The van der Waals surface area contributed by atoms with E-state index >= 15 is 0 Å². The van der Waals surface area contributed by atoms with Crippen molar-refractivity contribution in [1.29, 1.82) is 0 Å². The van der Waals surface area contributed by atoms with Crippen molar-refractivity contribution in [2.75, 3.05) is 45.9 Å². The van der Waals surface area contributed by atoms with Gasteiger partial charge in [0.1, 0.15) is 6.61 Å². The van der Waals surface area contributed by atoms with Crippen molar-refractivity contribution < 1.29 is 17.9 Å². The number of rotatable bonds is 7. The van der Waals surface area contributed by atoms with Crippen LogP contribution in [0.15, 0.2) is 24.3 Å². The molecule has 0 unspecified atom stereocenters. The summed E-state index contributed by atoms with van der Waals surface area (Å²) in [5.41, 5.74) is 2.66. The fourth-order valence-corrected chi connectivity index (χ4v) is 2.82. The highest BCUT2D eigenvalue weighted by molar-refractivity contribution is 5.24. The molecular formula is C18H27F3N2O. The van der Waals surface area contributed by atoms with Gasteiger partial charge < -0.3 is 4.74 Å². The normalized spacial score (nSPS) is 17.6. The number of benzene rings is 1. The lowest BCUT2D eigenvalue weighted by Gasteiger charge is -2.34. The van der Waals surface area contributed by atoms with E-state index in [9.17, 15) is 13.2 Å². The van der Waals surface area contributed by atoms with Crippen LogP contribution in [-0.2, 0) is 11.3 Å². The third-order valence-electron chi connectivity index (χ3n) is 4.34. The van der Waals surface area contributed by atoms with Crippen LogP contribution in [0, 0.1) is 0 Å². The summed E-state index contributed by atoms with van der Waals surface area (Å²) in [6.07, 6.45) is -4.23. The monoisotopic (exact) mass is 344 g/mol. The summed E-state index contributed by atoms with van der Waals surface area (Å²) in [5.74, 6) is 0.544. The molecular weight excluding hydrogens is 317 g/mol. The number of hydrogen-bond donors (Lipinski definition) is 0. The number of hydrogen-bond acceptors (Lipinski definition) is 3. The summed E-state index contributed by atoms with van der Waals surface area (Å²) < 4.78 is 40.7. The molecule has 0 radical (unpaired) electrons. The Morgan fingerprint density at radius 3 is 2.12 bits per heavy atom. The molecule has 1 fully saturated rings. The molecule has 0 bridgehead atoms. The van der Waals surface area contributed by atoms with E-state index in [1.165, 1.54) is 11.1 Å². The fourth-order valence-electron chi connectivity index (χ4n) is 2.82. The first-order valence-corrected chi connectivity index (χ1v) is 8.51. The van der Waals surface area contributed by atoms with E-state index in [0.717, 1.165) is 32.7 Å². The Morgan fingerprint density at radius 2 is 1.58 bits per heavy atom. The molecule has 1 aliphatic heterocycles. The molecule has 1 aromatic carbocycles. The SMILES string of the molecule is CC(C)c1ccc(CN2CCN(CCOCC(F)(F)F)CC2)cc1. The predicted octanol–water partition coefficient (Wildman–Crippen LogP) is 3.51. The minimum absolute atomic E-state index is 0.135. The number of nitrogens with zero attached hydrogens (tertiary/aromatic N) is 2. The van der Waals surface area contributed by atoms with Crippen LogP contribution in [0.2, 0.25) is 0 Å². The first kappa shape index (κ1) is 19.2. The lowest BCUT2D eigenvalue weighted by molar-refractivity contribution is -0.174. The van der Waals surface area contributed by atoms with Crippen LogP contribution in [0.3, 0.4) is 0 Å². The van der Waals surface area contributed by atoms with Crippen LogP contribution in [0.5, 0.6) is 0 Å². The second kappa shape index (κ2) is 8.83. The van der Waals surface area contributed by atoms with Crippen molar-refractivity contribution >= 4 is 0 Å². The molecule has 1 aromatic rings. The van der Waals surface area contributed by atoms with Crippen LogP contribution >= 0.6 is 0 Å². The number of halogens is 3. The van der Waals surface area contributed by atoms with Crippen LogP contribution in [-0.4, -0.2) is 61.9 Å². The van der Waals surface area contributed by atoms with Gasteiger partial charge in [0, 0.05) is 39.3 Å². The summed E-state index contributed by atoms with van der Waals surface area (Å²) in [6.45, 7) is 8.47. The second-order valence-electron chi connectivity index (χ2n) is 6.68. The van der Waals surface area contributed by atoms with Crippen molar-refractivity contribution in [2.24, 2.45) is 0 Å². The van der Waals surface area contributed by atoms with Crippen LogP contribution < -0.4 is 0 Å². The van der Waals surface area contributed by atoms with Crippen molar-refractivity contribution in [3.63, 3.8) is 0 Å². The molecule has 2 rings (SSSR count). The van der Waals surface area contributed by atoms with Gasteiger partial charge in [0.15, 0.2) is 0 Å². The Labute approximate surface area is 142 Å². The minimum atomic E-state index is -4.23. The maximum atomic E-state index is 12.0. The topological polar surface area (TPSA) is 15.7 Å². The van der Waals surface area contributed by atoms with Gasteiger partial charge in [-0.2, -0.15) is 13.2 Å². The maximum Gasteiger partial charge on any atom is 0.411 e. The molecule has 0 aromatic heterocycles. The average Bonchev–Trinajstić information content (AvgIpc) is 2.53. The summed E-state index contributed by atoms with van der Waals surface area (Å²) >= 11 is 0. The van der Waals surface area contributed by atoms with Crippen molar-refractivity contribution in [3.8, 4) is 0 Å². The molecule has 3 nitrogen and oxygen atoms in total. The molecule has 24 heavy (non-hydrogen) atoms. The van der Waals surface area contributed by atoms with Gasteiger partial charge in [-0.25, -0.2) is 0 Å². The van der Waals surface area contributed by atoms with Gasteiger partial charge >= 0.3 is 6.18 Å². The summed E-state index contributed by atoms with van der Waals surface area (Å²) in [6, 6.07) is 8.75. The highest BCUT2D eigenvalue weighted by Gasteiger charge is 2.27. The highest BCUT2D eigenvalue weighted by Crippen LogP contribution is 2.16. The van der Waals surface area contributed by atoms with E-state index < -0.39 is 12.8 Å². The molecule has 1 aliphatic rings. The Kier molecular flexibility index (Phi) is 7.07. The molecule has 0 saturated carbocycles. The van der Waals surface area contributed by atoms with Gasteiger partial charge in [-0.1, -0.05) is 38.1 Å². The Hall–Kier alpha value is -1.11. The first-order valence-electron chi connectivity index (χ1n) is 8.51. The molecule has 1 saturated heterocycles. The third kappa shape index (κ3) is 6.79. The van der Waals surface area contributed by atoms with Crippen molar-refractivity contribution in [1.82, 2.24) is 9.80 Å². The number of piperazine rings is 1. The zero-order valence-electron chi connectivity index (χ0n) is 14.5. The van der Waals surface area contributed by atoms with E-state index in [4.69, 9.17) is 0 Å². The lowest BCUT2D eigenvalue weighted by atomic mass is 10.0. The van der Waals surface area contributed by atoms with E-state index in [2.05, 4.69) is 52.6 Å². The third-order valence-corrected chi connectivity index (χ3v) is 4.34. The Morgan fingerprint density at radius 1 is 1.00 bits per heavy atom. The predicted molar refractivity (Wildman–Crippen MR) is 89.1 cm³/mol. The molecule has 0 N–H and O–H groups in total. The standard InChI is InChI=1S/C18H27F3N2O/c1-15(2)17-5-3-16(4-6-17)13-23-9-7-22(8-10-23)11-12-24-14-18(19,20)21/h3-6,15H,7-14H2,1-2H3. The van der Waals surface area contributed by atoms with Crippen LogP contribution in [0.25, 0.3) is 0 Å². The maximum absolute atomic E-state index is 12.0. The van der Waals surface area contributed by atoms with Crippen LogP contribution in [0.1, 0.15) is 30.9 Å². The van der Waals surface area contributed by atoms with Gasteiger partial charge in [0.25, 0.3) is 0 Å². The highest BCUT2D eigenvalue weighted by atomic mass is 19.4. The molecule has 0 amide bonds. The van der Waals surface area contributed by atoms with Gasteiger partial charge in [0.2, 0.25) is 0 Å². The summed E-state index contributed by atoms with van der Waals surface area (Å²) in [4.78, 5) is 4.55. The van der Waals surface area contributed by atoms with Gasteiger partial charge in [-0.05, 0) is 17.0 Å². The van der Waals surface area contributed by atoms with Crippen molar-refractivity contribution in [3.05, 3.63) is 35.4 Å². The smallest absolute Gasteiger partial charge is 0.371 e. The molecule has 6 heteroatoms. The zero-order valence-corrected chi connectivity index (χ0v) is 14.5. The van der Waals surface area contributed by atoms with Gasteiger partial charge in [-0.15, -0.1) is 0 Å². The summed E-state index contributed by atoms with van der Waals surface area (Å²) in [5, 5.41) is 0. The van der Waals surface area contributed by atoms with E-state index in [0.29, 0.717) is 12.5 Å². The average molecular weight is 344 g/mol. The molecule has 1 heterocycles. The van der Waals surface area contributed by atoms with E-state index in [1.54, 1.807) is 0 Å². The van der Waals surface area contributed by atoms with Crippen LogP contribution in [0.4, 0.5) is 13.2 Å². The largest absolute Gasteiger partial charge is 0.411 e. The molecule has 0 aliphatic carbocycles. The van der Waals surface area contributed by atoms with Gasteiger partial charge in [0.05, 0.1) is 6.61 Å². The molecule has 136 valence electrons. The zero-order chi connectivity index (χ0) is 17.6. The minimum Gasteiger partial charge on any atom is -0.371 e. The Bertz CT molecular complexity index is 480. The molecule has 0 spiro atoms. The quantitative estimate of drug-likeness (QED) is 0.704. The second-order valence-corrected chi connectivity index (χ2v) is 6.68. The first-order chi connectivity index (χ1) is 11.3. The summed E-state index contributed by atoms with van der Waals surface area (Å²) in [7, 11) is 0. The van der Waals surface area contributed by atoms with E-state index in [-0.39, 0.29) is 6.61 Å². The lowest BCUT2D eigenvalue weighted by Crippen LogP contribution is -2.46. The van der Waals surface area contributed by atoms with Crippen molar-refractivity contribution in [2.45, 2.75) is 32.5 Å². The number of alkyl halides is 3. The van der Waals surface area contributed by atoms with Gasteiger partial charge in [-0.3, -0.25) is 9.80 Å². The van der Waals surface area contributed by atoms with E-state index in [1.807, 2.05) is 0 Å². The molecule has 0 atom stereocenters.